The third-order valence-corrected chi connectivity index (χ3v) is 4.64. The monoisotopic (exact) mass is 337 g/mol. The average molecular weight is 337 g/mol. The Morgan fingerprint density at radius 3 is 3.08 bits per heavy atom. The molecular formula is C16H27N5O3. The maximum atomic E-state index is 12.4. The number of morpholine rings is 1. The number of aryl methyl sites for hydroxylation is 1. The normalized spacial score (nSPS) is 24.8. The zero-order valence-corrected chi connectivity index (χ0v) is 14.3. The van der Waals surface area contributed by atoms with E-state index in [0.717, 1.165) is 38.2 Å². The van der Waals surface area contributed by atoms with Gasteiger partial charge in [0.15, 0.2) is 5.82 Å². The minimum atomic E-state index is -0.214. The van der Waals surface area contributed by atoms with Crippen molar-refractivity contribution in [3.63, 3.8) is 0 Å². The van der Waals surface area contributed by atoms with Gasteiger partial charge in [0.05, 0.1) is 19.3 Å². The Bertz CT molecular complexity index is 530. The quantitative estimate of drug-likeness (QED) is 0.877. The lowest BCUT2D eigenvalue weighted by Crippen LogP contribution is -2.48. The number of carbonyl (C=O) groups is 1. The molecule has 1 aromatic rings. The number of hydrogen-bond donors (Lipinski definition) is 1. The van der Waals surface area contributed by atoms with Crippen LogP contribution in [0.3, 0.4) is 0 Å². The molecule has 0 spiro atoms. The summed E-state index contributed by atoms with van der Waals surface area (Å²) in [5.41, 5.74) is 0. The van der Waals surface area contributed by atoms with Crippen molar-refractivity contribution in [1.29, 1.82) is 0 Å². The van der Waals surface area contributed by atoms with Gasteiger partial charge in [0.1, 0.15) is 12.4 Å². The van der Waals surface area contributed by atoms with E-state index in [4.69, 9.17) is 9.47 Å². The SMILES string of the molecule is CCn1cnnc1[C@@H]1CN(C(=O)NCC[C@@H]2CCCCO2)CCO1. The van der Waals surface area contributed by atoms with Crippen LogP contribution in [0, 0.1) is 0 Å². The van der Waals surface area contributed by atoms with Crippen molar-refractivity contribution in [1.82, 2.24) is 25.0 Å². The molecule has 0 aromatic carbocycles. The van der Waals surface area contributed by atoms with Gasteiger partial charge in [-0.05, 0) is 32.6 Å². The molecule has 3 rings (SSSR count). The molecule has 2 saturated heterocycles. The van der Waals surface area contributed by atoms with Crippen molar-refractivity contribution in [3.05, 3.63) is 12.2 Å². The summed E-state index contributed by atoms with van der Waals surface area (Å²) in [5.74, 6) is 0.783. The van der Waals surface area contributed by atoms with Gasteiger partial charge in [0, 0.05) is 26.2 Å². The van der Waals surface area contributed by atoms with E-state index in [1.807, 2.05) is 11.5 Å². The summed E-state index contributed by atoms with van der Waals surface area (Å²) in [7, 11) is 0. The molecule has 3 heterocycles. The third-order valence-electron chi connectivity index (χ3n) is 4.64. The van der Waals surface area contributed by atoms with Crippen molar-refractivity contribution in [2.24, 2.45) is 0 Å². The fourth-order valence-electron chi connectivity index (χ4n) is 3.23. The second-order valence-corrected chi connectivity index (χ2v) is 6.29. The Morgan fingerprint density at radius 2 is 2.29 bits per heavy atom. The first-order chi connectivity index (χ1) is 11.8. The lowest BCUT2D eigenvalue weighted by molar-refractivity contribution is -0.0221. The van der Waals surface area contributed by atoms with Gasteiger partial charge in [0.25, 0.3) is 0 Å². The Morgan fingerprint density at radius 1 is 1.38 bits per heavy atom. The molecule has 2 atom stereocenters. The third kappa shape index (κ3) is 4.24. The Hall–Kier alpha value is -1.67. The molecule has 0 unspecified atom stereocenters. The van der Waals surface area contributed by atoms with Crippen LogP contribution in [0.1, 0.15) is 44.5 Å². The molecule has 2 fully saturated rings. The standard InChI is InChI=1S/C16H27N5O3/c1-2-20-12-18-19-15(20)14-11-21(8-10-24-14)16(22)17-7-6-13-5-3-4-9-23-13/h12-14H,2-11H2,1H3,(H,17,22)/t13-,14-/m0/s1. The average Bonchev–Trinajstić information content (AvgIpc) is 3.11. The van der Waals surface area contributed by atoms with E-state index in [1.54, 1.807) is 11.2 Å². The predicted molar refractivity (Wildman–Crippen MR) is 87.6 cm³/mol. The highest BCUT2D eigenvalue weighted by Gasteiger charge is 2.28. The highest BCUT2D eigenvalue weighted by molar-refractivity contribution is 5.74. The summed E-state index contributed by atoms with van der Waals surface area (Å²) in [6.07, 6.45) is 6.13. The van der Waals surface area contributed by atoms with E-state index in [2.05, 4.69) is 15.5 Å². The second kappa shape index (κ2) is 8.43. The number of carbonyl (C=O) groups excluding carboxylic acids is 1. The minimum Gasteiger partial charge on any atom is -0.378 e. The van der Waals surface area contributed by atoms with Gasteiger partial charge in [-0.25, -0.2) is 4.79 Å². The molecule has 24 heavy (non-hydrogen) atoms. The molecule has 2 aliphatic heterocycles. The summed E-state index contributed by atoms with van der Waals surface area (Å²) in [6, 6.07) is -0.0401. The van der Waals surface area contributed by atoms with Gasteiger partial charge in [-0.2, -0.15) is 0 Å². The van der Waals surface area contributed by atoms with Crippen LogP contribution < -0.4 is 5.32 Å². The van der Waals surface area contributed by atoms with E-state index in [9.17, 15) is 4.79 Å². The highest BCUT2D eigenvalue weighted by atomic mass is 16.5. The summed E-state index contributed by atoms with van der Waals surface area (Å²) in [6.45, 7) is 5.94. The zero-order chi connectivity index (χ0) is 16.8. The number of aromatic nitrogens is 3. The van der Waals surface area contributed by atoms with Crippen molar-refractivity contribution >= 4 is 6.03 Å². The first-order valence-electron chi connectivity index (χ1n) is 8.91. The predicted octanol–water partition coefficient (Wildman–Crippen LogP) is 1.34. The molecule has 0 radical (unpaired) electrons. The molecule has 1 N–H and O–H groups in total. The summed E-state index contributed by atoms with van der Waals surface area (Å²) in [5, 5.41) is 11.1. The fourth-order valence-corrected chi connectivity index (χ4v) is 3.23. The lowest BCUT2D eigenvalue weighted by atomic mass is 10.1. The molecule has 1 aromatic heterocycles. The molecule has 2 aliphatic rings. The van der Waals surface area contributed by atoms with Crippen molar-refractivity contribution in [2.45, 2.75) is 51.4 Å². The summed E-state index contributed by atoms with van der Waals surface area (Å²) >= 11 is 0. The van der Waals surface area contributed by atoms with Crippen LogP contribution in [0.4, 0.5) is 4.79 Å². The number of amides is 2. The number of nitrogens with zero attached hydrogens (tertiary/aromatic N) is 4. The largest absolute Gasteiger partial charge is 0.378 e. The lowest BCUT2D eigenvalue weighted by Gasteiger charge is -2.32. The van der Waals surface area contributed by atoms with E-state index in [-0.39, 0.29) is 12.1 Å². The molecule has 0 aliphatic carbocycles. The van der Waals surface area contributed by atoms with Crippen LogP contribution in [0.2, 0.25) is 0 Å². The highest BCUT2D eigenvalue weighted by Crippen LogP contribution is 2.20. The fraction of sp³-hybridized carbons (Fsp3) is 0.812. The number of ether oxygens (including phenoxy) is 2. The summed E-state index contributed by atoms with van der Waals surface area (Å²) in [4.78, 5) is 14.2. The topological polar surface area (TPSA) is 81.5 Å². The van der Waals surface area contributed by atoms with Gasteiger partial charge in [0.2, 0.25) is 0 Å². The molecule has 2 amide bonds. The van der Waals surface area contributed by atoms with Gasteiger partial charge in [-0.15, -0.1) is 10.2 Å². The number of hydrogen-bond acceptors (Lipinski definition) is 5. The van der Waals surface area contributed by atoms with E-state index in [0.29, 0.717) is 32.3 Å². The Labute approximate surface area is 142 Å². The van der Waals surface area contributed by atoms with Crippen LogP contribution in [0.15, 0.2) is 6.33 Å². The number of urea groups is 1. The Kier molecular flexibility index (Phi) is 6.03. The van der Waals surface area contributed by atoms with Crippen LogP contribution in [-0.4, -0.2) is 64.6 Å². The van der Waals surface area contributed by atoms with Crippen LogP contribution in [-0.2, 0) is 16.0 Å². The van der Waals surface area contributed by atoms with Crippen molar-refractivity contribution in [2.75, 3.05) is 32.8 Å². The number of nitrogens with one attached hydrogen (secondary N) is 1. The van der Waals surface area contributed by atoms with Crippen LogP contribution in [0.25, 0.3) is 0 Å². The molecule has 0 saturated carbocycles. The minimum absolute atomic E-state index is 0.0401. The second-order valence-electron chi connectivity index (χ2n) is 6.29. The van der Waals surface area contributed by atoms with Crippen LogP contribution >= 0.6 is 0 Å². The molecule has 0 bridgehead atoms. The van der Waals surface area contributed by atoms with Crippen molar-refractivity contribution in [3.8, 4) is 0 Å². The molecule has 8 nitrogen and oxygen atoms in total. The first kappa shape index (κ1) is 17.2. The van der Waals surface area contributed by atoms with E-state index < -0.39 is 0 Å². The number of rotatable bonds is 5. The first-order valence-corrected chi connectivity index (χ1v) is 8.91. The van der Waals surface area contributed by atoms with Gasteiger partial charge >= 0.3 is 6.03 Å². The zero-order valence-electron chi connectivity index (χ0n) is 14.3. The van der Waals surface area contributed by atoms with Crippen molar-refractivity contribution < 1.29 is 14.3 Å². The van der Waals surface area contributed by atoms with E-state index in [1.165, 1.54) is 6.42 Å². The summed E-state index contributed by atoms with van der Waals surface area (Å²) < 4.78 is 13.4. The molecule has 134 valence electrons. The Balaban J connectivity index is 1.46. The van der Waals surface area contributed by atoms with Gasteiger partial charge < -0.3 is 24.3 Å². The van der Waals surface area contributed by atoms with Gasteiger partial charge in [-0.1, -0.05) is 0 Å². The maximum absolute atomic E-state index is 12.4. The maximum Gasteiger partial charge on any atom is 0.317 e. The van der Waals surface area contributed by atoms with E-state index >= 15 is 0 Å². The molecule has 8 heteroatoms. The van der Waals surface area contributed by atoms with Crippen LogP contribution in [0.5, 0.6) is 0 Å². The van der Waals surface area contributed by atoms with Gasteiger partial charge in [-0.3, -0.25) is 0 Å². The smallest absolute Gasteiger partial charge is 0.317 e. The molecular weight excluding hydrogens is 310 g/mol.